The van der Waals surface area contributed by atoms with Crippen molar-refractivity contribution in [3.8, 4) is 0 Å². The second kappa shape index (κ2) is 3.71. The molecular formula is C7H12Cl2N2O. The SMILES string of the molecule is CCNC(=O)NCC1CC1(Cl)Cl. The first-order chi connectivity index (χ1) is 5.56. The first kappa shape index (κ1) is 9.93. The van der Waals surface area contributed by atoms with E-state index in [-0.39, 0.29) is 11.9 Å². The standard InChI is InChI=1S/C7H12Cl2N2O/c1-2-10-6(12)11-4-5-3-7(5,8)9/h5H,2-4H2,1H3,(H2,10,11,12). The van der Waals surface area contributed by atoms with Gasteiger partial charge in [-0.2, -0.15) is 0 Å². The summed E-state index contributed by atoms with van der Waals surface area (Å²) in [6.45, 7) is 3.05. The molecular weight excluding hydrogens is 199 g/mol. The van der Waals surface area contributed by atoms with Crippen LogP contribution in [0.5, 0.6) is 0 Å². The van der Waals surface area contributed by atoms with Gasteiger partial charge in [0.05, 0.1) is 0 Å². The molecule has 1 rings (SSSR count). The third-order valence-corrected chi connectivity index (χ3v) is 2.73. The van der Waals surface area contributed by atoms with Gasteiger partial charge in [0.15, 0.2) is 0 Å². The number of halogens is 2. The quantitative estimate of drug-likeness (QED) is 0.682. The Balaban J connectivity index is 2.07. The molecule has 0 heterocycles. The van der Waals surface area contributed by atoms with E-state index >= 15 is 0 Å². The molecule has 0 spiro atoms. The van der Waals surface area contributed by atoms with Crippen molar-refractivity contribution < 1.29 is 4.79 Å². The number of alkyl halides is 2. The Hall–Kier alpha value is -0.150. The molecule has 2 amide bonds. The summed E-state index contributed by atoms with van der Waals surface area (Å²) < 4.78 is -0.598. The number of hydrogen-bond donors (Lipinski definition) is 2. The first-order valence-corrected chi connectivity index (χ1v) is 4.71. The van der Waals surface area contributed by atoms with Crippen molar-refractivity contribution in [2.24, 2.45) is 5.92 Å². The number of carbonyl (C=O) groups is 1. The lowest BCUT2D eigenvalue weighted by Crippen LogP contribution is -2.36. The van der Waals surface area contributed by atoms with E-state index in [1.54, 1.807) is 0 Å². The zero-order valence-corrected chi connectivity index (χ0v) is 8.37. The van der Waals surface area contributed by atoms with Crippen LogP contribution in [0.1, 0.15) is 13.3 Å². The number of rotatable bonds is 3. The monoisotopic (exact) mass is 210 g/mol. The highest BCUT2D eigenvalue weighted by Crippen LogP contribution is 2.52. The maximum Gasteiger partial charge on any atom is 0.314 e. The molecule has 0 aromatic heterocycles. The van der Waals surface area contributed by atoms with Gasteiger partial charge in [-0.1, -0.05) is 0 Å². The topological polar surface area (TPSA) is 41.1 Å². The molecule has 1 saturated carbocycles. The number of amides is 2. The highest BCUT2D eigenvalue weighted by molar-refractivity contribution is 6.50. The van der Waals surface area contributed by atoms with E-state index in [1.807, 2.05) is 6.92 Å². The summed E-state index contributed by atoms with van der Waals surface area (Å²) in [5.74, 6) is 0.212. The van der Waals surface area contributed by atoms with Crippen molar-refractivity contribution in [3.63, 3.8) is 0 Å². The first-order valence-electron chi connectivity index (χ1n) is 3.96. The summed E-state index contributed by atoms with van der Waals surface area (Å²) >= 11 is 11.5. The molecule has 0 bridgehead atoms. The number of hydrogen-bond acceptors (Lipinski definition) is 1. The minimum Gasteiger partial charge on any atom is -0.338 e. The summed E-state index contributed by atoms with van der Waals surface area (Å²) in [5.41, 5.74) is 0. The molecule has 0 aliphatic heterocycles. The van der Waals surface area contributed by atoms with Crippen LogP contribution < -0.4 is 10.6 Å². The third kappa shape index (κ3) is 2.72. The van der Waals surface area contributed by atoms with Crippen LogP contribution in [0.15, 0.2) is 0 Å². The molecule has 0 saturated heterocycles. The van der Waals surface area contributed by atoms with Gasteiger partial charge in [-0.15, -0.1) is 23.2 Å². The van der Waals surface area contributed by atoms with Crippen LogP contribution in [0.25, 0.3) is 0 Å². The zero-order valence-electron chi connectivity index (χ0n) is 6.86. The van der Waals surface area contributed by atoms with Gasteiger partial charge < -0.3 is 10.6 Å². The molecule has 70 valence electrons. The molecule has 0 radical (unpaired) electrons. The fourth-order valence-electron chi connectivity index (χ4n) is 0.930. The van der Waals surface area contributed by atoms with E-state index in [4.69, 9.17) is 23.2 Å². The van der Waals surface area contributed by atoms with Crippen molar-refractivity contribution in [1.82, 2.24) is 10.6 Å². The molecule has 12 heavy (non-hydrogen) atoms. The Morgan fingerprint density at radius 3 is 2.58 bits per heavy atom. The van der Waals surface area contributed by atoms with E-state index in [2.05, 4.69) is 10.6 Å². The normalized spacial score (nSPS) is 24.8. The Morgan fingerprint density at radius 2 is 2.17 bits per heavy atom. The average Bonchev–Trinajstić information content (AvgIpc) is 2.56. The van der Waals surface area contributed by atoms with Crippen LogP contribution in [-0.4, -0.2) is 23.5 Å². The molecule has 5 heteroatoms. The number of urea groups is 1. The van der Waals surface area contributed by atoms with Crippen LogP contribution in [0, 0.1) is 5.92 Å². The molecule has 1 fully saturated rings. The van der Waals surface area contributed by atoms with Gasteiger partial charge in [0.2, 0.25) is 0 Å². The van der Waals surface area contributed by atoms with Gasteiger partial charge in [-0.25, -0.2) is 4.79 Å². The van der Waals surface area contributed by atoms with Gasteiger partial charge in [0.25, 0.3) is 0 Å². The fourth-order valence-corrected chi connectivity index (χ4v) is 1.46. The molecule has 1 unspecified atom stereocenters. The highest BCUT2D eigenvalue weighted by Gasteiger charge is 2.51. The predicted molar refractivity (Wildman–Crippen MR) is 49.6 cm³/mol. The van der Waals surface area contributed by atoms with Crippen molar-refractivity contribution in [3.05, 3.63) is 0 Å². The minimum atomic E-state index is -0.598. The predicted octanol–water partition coefficient (Wildman–Crippen LogP) is 1.50. The lowest BCUT2D eigenvalue weighted by Gasteiger charge is -2.04. The third-order valence-electron chi connectivity index (χ3n) is 1.80. The lowest BCUT2D eigenvalue weighted by molar-refractivity contribution is 0.241. The number of carbonyl (C=O) groups excluding carboxylic acids is 1. The molecule has 0 aromatic carbocycles. The van der Waals surface area contributed by atoms with Crippen molar-refractivity contribution in [2.75, 3.05) is 13.1 Å². The lowest BCUT2D eigenvalue weighted by atomic mass is 10.4. The largest absolute Gasteiger partial charge is 0.338 e. The van der Waals surface area contributed by atoms with Crippen LogP contribution >= 0.6 is 23.2 Å². The summed E-state index contributed by atoms with van der Waals surface area (Å²) in [5, 5.41) is 5.30. The fraction of sp³-hybridized carbons (Fsp3) is 0.857. The van der Waals surface area contributed by atoms with Crippen LogP contribution in [0.3, 0.4) is 0 Å². The van der Waals surface area contributed by atoms with E-state index in [0.717, 1.165) is 6.42 Å². The van der Waals surface area contributed by atoms with E-state index in [1.165, 1.54) is 0 Å². The molecule has 1 aliphatic carbocycles. The summed E-state index contributed by atoms with van der Waals surface area (Å²) in [6.07, 6.45) is 0.766. The van der Waals surface area contributed by atoms with E-state index in [9.17, 15) is 4.79 Å². The minimum absolute atomic E-state index is 0.159. The van der Waals surface area contributed by atoms with Gasteiger partial charge in [-0.3, -0.25) is 0 Å². The summed E-state index contributed by atoms with van der Waals surface area (Å²) in [4.78, 5) is 10.9. The summed E-state index contributed by atoms with van der Waals surface area (Å²) in [6, 6.07) is -0.159. The Labute approximate surface area is 81.8 Å². The van der Waals surface area contributed by atoms with Crippen LogP contribution in [0.2, 0.25) is 0 Å². The van der Waals surface area contributed by atoms with E-state index < -0.39 is 4.33 Å². The van der Waals surface area contributed by atoms with Gasteiger partial charge in [0, 0.05) is 19.0 Å². The van der Waals surface area contributed by atoms with Crippen molar-refractivity contribution in [1.29, 1.82) is 0 Å². The summed E-state index contributed by atoms with van der Waals surface area (Å²) in [7, 11) is 0. The second-order valence-electron chi connectivity index (χ2n) is 2.90. The Bertz CT molecular complexity index is 184. The highest BCUT2D eigenvalue weighted by atomic mass is 35.5. The van der Waals surface area contributed by atoms with Crippen molar-refractivity contribution >= 4 is 29.2 Å². The average molecular weight is 211 g/mol. The molecule has 1 atom stereocenters. The maximum absolute atomic E-state index is 10.9. The Morgan fingerprint density at radius 1 is 1.58 bits per heavy atom. The molecule has 1 aliphatic rings. The maximum atomic E-state index is 10.9. The smallest absolute Gasteiger partial charge is 0.314 e. The van der Waals surface area contributed by atoms with Crippen LogP contribution in [0.4, 0.5) is 4.79 Å². The second-order valence-corrected chi connectivity index (χ2v) is 4.44. The molecule has 2 N–H and O–H groups in total. The van der Waals surface area contributed by atoms with Gasteiger partial charge in [0.1, 0.15) is 4.33 Å². The zero-order chi connectivity index (χ0) is 9.19. The van der Waals surface area contributed by atoms with Crippen LogP contribution in [-0.2, 0) is 0 Å². The number of nitrogens with one attached hydrogen (secondary N) is 2. The molecule has 3 nitrogen and oxygen atoms in total. The van der Waals surface area contributed by atoms with Gasteiger partial charge in [-0.05, 0) is 13.3 Å². The Kier molecular flexibility index (Phi) is 3.07. The van der Waals surface area contributed by atoms with Gasteiger partial charge >= 0.3 is 6.03 Å². The van der Waals surface area contributed by atoms with E-state index in [0.29, 0.717) is 13.1 Å². The van der Waals surface area contributed by atoms with Crippen molar-refractivity contribution in [2.45, 2.75) is 17.7 Å². The molecule has 0 aromatic rings.